The van der Waals surface area contributed by atoms with Gasteiger partial charge in [0.05, 0.1) is 6.33 Å². The van der Waals surface area contributed by atoms with Crippen LogP contribution in [0.2, 0.25) is 5.15 Å². The Morgan fingerprint density at radius 1 is 1.10 bits per heavy atom. The fourth-order valence-corrected chi connectivity index (χ4v) is 2.40. The summed E-state index contributed by atoms with van der Waals surface area (Å²) >= 11 is 6.14. The van der Waals surface area contributed by atoms with Gasteiger partial charge in [0.2, 0.25) is 0 Å². The van der Waals surface area contributed by atoms with E-state index in [0.29, 0.717) is 22.3 Å². The van der Waals surface area contributed by atoms with E-state index in [2.05, 4.69) is 20.1 Å². The van der Waals surface area contributed by atoms with Crippen LogP contribution in [0.3, 0.4) is 0 Å². The average molecular weight is 285 g/mol. The molecule has 0 saturated carbocycles. The van der Waals surface area contributed by atoms with Crippen LogP contribution in [0.5, 0.6) is 0 Å². The SMILES string of the molecule is Cn1cnc2c(Cl)nc3nc(-c4ccccc4)nn3c21. The van der Waals surface area contributed by atoms with Gasteiger partial charge in [0.1, 0.15) is 5.52 Å². The number of rotatable bonds is 1. The number of hydrogen-bond acceptors (Lipinski definition) is 4. The number of imidazole rings is 1. The molecule has 0 aliphatic carbocycles. The lowest BCUT2D eigenvalue weighted by atomic mass is 10.2. The van der Waals surface area contributed by atoms with Gasteiger partial charge in [-0.1, -0.05) is 41.9 Å². The molecule has 7 heteroatoms. The molecule has 0 radical (unpaired) electrons. The normalized spacial score (nSPS) is 11.5. The van der Waals surface area contributed by atoms with Gasteiger partial charge in [0.15, 0.2) is 16.6 Å². The second kappa shape index (κ2) is 4.01. The summed E-state index contributed by atoms with van der Waals surface area (Å²) in [6, 6.07) is 9.75. The van der Waals surface area contributed by atoms with Crippen molar-refractivity contribution in [3.05, 3.63) is 41.8 Å². The highest BCUT2D eigenvalue weighted by Gasteiger charge is 2.15. The summed E-state index contributed by atoms with van der Waals surface area (Å²) in [4.78, 5) is 12.9. The van der Waals surface area contributed by atoms with E-state index in [1.165, 1.54) is 0 Å². The Bertz CT molecular complexity index is 924. The molecule has 0 unspecified atom stereocenters. The van der Waals surface area contributed by atoms with E-state index in [1.807, 2.05) is 41.9 Å². The molecule has 0 bridgehead atoms. The van der Waals surface area contributed by atoms with Gasteiger partial charge >= 0.3 is 0 Å². The molecular formula is C13H9ClN6. The van der Waals surface area contributed by atoms with E-state index < -0.39 is 0 Å². The zero-order valence-electron chi connectivity index (χ0n) is 10.5. The molecule has 20 heavy (non-hydrogen) atoms. The molecule has 3 aromatic heterocycles. The van der Waals surface area contributed by atoms with Crippen LogP contribution < -0.4 is 0 Å². The highest BCUT2D eigenvalue weighted by atomic mass is 35.5. The third-order valence-corrected chi connectivity index (χ3v) is 3.39. The number of nitrogens with zero attached hydrogens (tertiary/aromatic N) is 6. The Balaban J connectivity index is 2.09. The topological polar surface area (TPSA) is 60.9 Å². The zero-order valence-corrected chi connectivity index (χ0v) is 11.3. The maximum Gasteiger partial charge on any atom is 0.256 e. The minimum Gasteiger partial charge on any atom is -0.318 e. The predicted octanol–water partition coefficient (Wildman–Crippen LogP) is 2.33. The average Bonchev–Trinajstić information content (AvgIpc) is 3.04. The first-order valence-corrected chi connectivity index (χ1v) is 6.40. The van der Waals surface area contributed by atoms with Gasteiger partial charge in [-0.2, -0.15) is 14.5 Å². The first kappa shape index (κ1) is 11.4. The van der Waals surface area contributed by atoms with Crippen molar-refractivity contribution in [1.29, 1.82) is 0 Å². The number of aromatic nitrogens is 6. The summed E-state index contributed by atoms with van der Waals surface area (Å²) in [7, 11) is 1.88. The largest absolute Gasteiger partial charge is 0.318 e. The molecule has 98 valence electrons. The second-order valence-corrected chi connectivity index (χ2v) is 4.80. The Morgan fingerprint density at radius 3 is 2.70 bits per heavy atom. The van der Waals surface area contributed by atoms with Crippen LogP contribution in [-0.2, 0) is 7.05 Å². The lowest BCUT2D eigenvalue weighted by molar-refractivity contribution is 0.876. The van der Waals surface area contributed by atoms with E-state index in [1.54, 1.807) is 10.8 Å². The van der Waals surface area contributed by atoms with Crippen LogP contribution >= 0.6 is 11.6 Å². The van der Waals surface area contributed by atoms with Crippen molar-refractivity contribution < 1.29 is 0 Å². The molecule has 0 aliphatic heterocycles. The maximum absolute atomic E-state index is 6.14. The molecule has 0 N–H and O–H groups in total. The van der Waals surface area contributed by atoms with Crippen LogP contribution in [-0.4, -0.2) is 29.1 Å². The molecule has 0 aliphatic rings. The Morgan fingerprint density at radius 2 is 1.90 bits per heavy atom. The van der Waals surface area contributed by atoms with E-state index >= 15 is 0 Å². The molecular weight excluding hydrogens is 276 g/mol. The number of halogens is 1. The Labute approximate surface area is 118 Å². The van der Waals surface area contributed by atoms with Crippen LogP contribution in [0.15, 0.2) is 36.7 Å². The van der Waals surface area contributed by atoms with Gasteiger partial charge in [-0.05, 0) is 0 Å². The lowest BCUT2D eigenvalue weighted by Gasteiger charge is -1.98. The van der Waals surface area contributed by atoms with Gasteiger partial charge in [-0.3, -0.25) is 0 Å². The van der Waals surface area contributed by atoms with Crippen molar-refractivity contribution in [3.8, 4) is 11.4 Å². The number of hydrogen-bond donors (Lipinski definition) is 0. The fourth-order valence-electron chi connectivity index (χ4n) is 2.19. The van der Waals surface area contributed by atoms with Gasteiger partial charge in [0.25, 0.3) is 5.78 Å². The molecule has 1 aromatic carbocycles. The highest BCUT2D eigenvalue weighted by Crippen LogP contribution is 2.22. The van der Waals surface area contributed by atoms with Gasteiger partial charge < -0.3 is 4.57 Å². The van der Waals surface area contributed by atoms with Crippen molar-refractivity contribution in [2.45, 2.75) is 0 Å². The Kier molecular flexibility index (Phi) is 2.28. The highest BCUT2D eigenvalue weighted by molar-refractivity contribution is 6.33. The van der Waals surface area contributed by atoms with Gasteiger partial charge in [-0.15, -0.1) is 5.10 Å². The quantitative estimate of drug-likeness (QED) is 0.503. The number of aryl methyl sites for hydroxylation is 1. The third-order valence-electron chi connectivity index (χ3n) is 3.12. The molecule has 4 rings (SSSR count). The molecule has 0 saturated heterocycles. The van der Waals surface area contributed by atoms with Crippen LogP contribution in [0.1, 0.15) is 0 Å². The summed E-state index contributed by atoms with van der Waals surface area (Å²) in [5.41, 5.74) is 2.32. The summed E-state index contributed by atoms with van der Waals surface area (Å²) < 4.78 is 3.51. The van der Waals surface area contributed by atoms with E-state index in [-0.39, 0.29) is 0 Å². The molecule has 0 atom stereocenters. The molecule has 0 spiro atoms. The monoisotopic (exact) mass is 284 g/mol. The first-order chi connectivity index (χ1) is 9.74. The maximum atomic E-state index is 6.14. The van der Waals surface area contributed by atoms with E-state index in [4.69, 9.17) is 11.6 Å². The van der Waals surface area contributed by atoms with Crippen LogP contribution in [0.4, 0.5) is 0 Å². The summed E-state index contributed by atoms with van der Waals surface area (Å²) in [6.45, 7) is 0. The van der Waals surface area contributed by atoms with Crippen molar-refractivity contribution in [1.82, 2.24) is 29.1 Å². The molecule has 6 nitrogen and oxygen atoms in total. The number of benzene rings is 1. The van der Waals surface area contributed by atoms with Gasteiger partial charge in [-0.25, -0.2) is 4.98 Å². The fraction of sp³-hybridized carbons (Fsp3) is 0.0769. The molecule has 0 fully saturated rings. The first-order valence-electron chi connectivity index (χ1n) is 6.03. The zero-order chi connectivity index (χ0) is 13.7. The van der Waals surface area contributed by atoms with Crippen LogP contribution in [0.25, 0.3) is 28.3 Å². The van der Waals surface area contributed by atoms with Crippen molar-refractivity contribution in [2.75, 3.05) is 0 Å². The van der Waals surface area contributed by atoms with Crippen molar-refractivity contribution in [2.24, 2.45) is 7.05 Å². The molecule has 4 aromatic rings. The second-order valence-electron chi connectivity index (χ2n) is 4.44. The summed E-state index contributed by atoms with van der Waals surface area (Å²) in [5.74, 6) is 1.08. The van der Waals surface area contributed by atoms with Gasteiger partial charge in [0, 0.05) is 12.6 Å². The Hall–Kier alpha value is -2.47. The standard InChI is InChI=1S/C13H9ClN6/c1-19-7-15-9-10(14)16-13-17-11(18-20(13)12(9)19)8-5-3-2-4-6-8/h2-7H,1H3. The lowest BCUT2D eigenvalue weighted by Crippen LogP contribution is -1.98. The summed E-state index contributed by atoms with van der Waals surface area (Å²) in [6.07, 6.45) is 1.68. The van der Waals surface area contributed by atoms with E-state index in [0.717, 1.165) is 11.2 Å². The van der Waals surface area contributed by atoms with Crippen LogP contribution in [0, 0.1) is 0 Å². The third kappa shape index (κ3) is 1.51. The predicted molar refractivity (Wildman–Crippen MR) is 75.5 cm³/mol. The van der Waals surface area contributed by atoms with Crippen molar-refractivity contribution in [3.63, 3.8) is 0 Å². The minimum atomic E-state index is 0.333. The molecule has 3 heterocycles. The number of fused-ring (bicyclic) bond motifs is 3. The summed E-state index contributed by atoms with van der Waals surface area (Å²) in [5, 5.41) is 4.84. The minimum absolute atomic E-state index is 0.333. The van der Waals surface area contributed by atoms with E-state index in [9.17, 15) is 0 Å². The van der Waals surface area contributed by atoms with Crippen molar-refractivity contribution >= 4 is 28.5 Å². The smallest absolute Gasteiger partial charge is 0.256 e. The molecule has 0 amide bonds.